The van der Waals surface area contributed by atoms with Crippen LogP contribution >= 0.6 is 0 Å². The van der Waals surface area contributed by atoms with Crippen molar-refractivity contribution >= 4 is 32.6 Å². The molecule has 35 heavy (non-hydrogen) atoms. The van der Waals surface area contributed by atoms with E-state index in [1.165, 1.54) is 21.5 Å². The van der Waals surface area contributed by atoms with Gasteiger partial charge in [-0.3, -0.25) is 14.5 Å². The van der Waals surface area contributed by atoms with E-state index in [4.69, 9.17) is 4.98 Å². The monoisotopic (exact) mass is 448 g/mol. The molecule has 0 N–H and O–H groups in total. The number of hydrogen-bond donors (Lipinski definition) is 0. The molecular weight excluding hydrogens is 428 g/mol. The molecular formula is C31H20N4. The molecule has 0 aliphatic carbocycles. The van der Waals surface area contributed by atoms with E-state index in [2.05, 4.69) is 81.3 Å². The summed E-state index contributed by atoms with van der Waals surface area (Å²) in [5, 5.41) is 4.91. The molecule has 7 rings (SSSR count). The van der Waals surface area contributed by atoms with Crippen LogP contribution in [0.1, 0.15) is 0 Å². The molecule has 0 amide bonds. The lowest BCUT2D eigenvalue weighted by Crippen LogP contribution is -1.96. The highest BCUT2D eigenvalue weighted by Crippen LogP contribution is 2.38. The summed E-state index contributed by atoms with van der Waals surface area (Å²) >= 11 is 0. The van der Waals surface area contributed by atoms with Crippen molar-refractivity contribution in [1.29, 1.82) is 0 Å². The lowest BCUT2D eigenvalue weighted by atomic mass is 10.0. The fourth-order valence-electron chi connectivity index (χ4n) is 4.93. The minimum atomic E-state index is 0.869. The molecule has 0 aliphatic rings. The summed E-state index contributed by atoms with van der Waals surface area (Å²) in [6, 6.07) is 35.7. The van der Waals surface area contributed by atoms with Gasteiger partial charge in [0.2, 0.25) is 0 Å². The van der Waals surface area contributed by atoms with E-state index in [9.17, 15) is 0 Å². The van der Waals surface area contributed by atoms with Gasteiger partial charge in [0.15, 0.2) is 0 Å². The van der Waals surface area contributed by atoms with Gasteiger partial charge in [0.25, 0.3) is 0 Å². The third-order valence-electron chi connectivity index (χ3n) is 6.56. The van der Waals surface area contributed by atoms with Crippen molar-refractivity contribution in [3.05, 3.63) is 122 Å². The molecule has 3 aromatic carbocycles. The summed E-state index contributed by atoms with van der Waals surface area (Å²) in [4.78, 5) is 13.8. The quantitative estimate of drug-likeness (QED) is 0.282. The van der Waals surface area contributed by atoms with Crippen LogP contribution in [-0.2, 0) is 0 Å². The first-order valence-electron chi connectivity index (χ1n) is 11.6. The Morgan fingerprint density at radius 1 is 0.514 bits per heavy atom. The van der Waals surface area contributed by atoms with Gasteiger partial charge in [0.05, 0.1) is 22.4 Å². The summed E-state index contributed by atoms with van der Waals surface area (Å²) in [5.74, 6) is 0.914. The highest BCUT2D eigenvalue weighted by molar-refractivity contribution is 6.21. The average molecular weight is 449 g/mol. The van der Waals surface area contributed by atoms with Gasteiger partial charge in [-0.1, -0.05) is 54.6 Å². The van der Waals surface area contributed by atoms with E-state index >= 15 is 0 Å². The summed E-state index contributed by atoms with van der Waals surface area (Å²) in [5.41, 5.74) is 6.23. The third kappa shape index (κ3) is 3.19. The molecule has 0 saturated heterocycles. The normalized spacial score (nSPS) is 11.4. The zero-order valence-electron chi connectivity index (χ0n) is 18.8. The van der Waals surface area contributed by atoms with Crippen LogP contribution in [0.25, 0.3) is 60.9 Å². The molecule has 4 heteroatoms. The van der Waals surface area contributed by atoms with Crippen LogP contribution in [0.15, 0.2) is 122 Å². The predicted octanol–water partition coefficient (Wildman–Crippen LogP) is 7.46. The molecule has 0 atom stereocenters. The van der Waals surface area contributed by atoms with E-state index in [1.807, 2.05) is 48.8 Å². The maximum Gasteiger partial charge on any atom is 0.137 e. The Labute approximate surface area is 202 Å². The average Bonchev–Trinajstić information content (AvgIpc) is 3.28. The molecule has 0 bridgehead atoms. The second-order valence-corrected chi connectivity index (χ2v) is 8.58. The molecule has 0 spiro atoms. The predicted molar refractivity (Wildman–Crippen MR) is 143 cm³/mol. The number of rotatable bonds is 3. The number of benzene rings is 3. The van der Waals surface area contributed by atoms with Crippen molar-refractivity contribution in [3.8, 4) is 28.3 Å². The third-order valence-corrected chi connectivity index (χ3v) is 6.56. The highest BCUT2D eigenvalue weighted by atomic mass is 15.1. The van der Waals surface area contributed by atoms with Crippen LogP contribution in [0, 0.1) is 0 Å². The second-order valence-electron chi connectivity index (χ2n) is 8.58. The van der Waals surface area contributed by atoms with Crippen LogP contribution in [-0.4, -0.2) is 19.5 Å². The lowest BCUT2D eigenvalue weighted by Gasteiger charge is -2.07. The minimum Gasteiger partial charge on any atom is -0.294 e. The standard InChI is InChI=1S/C31H20N4/c1-2-8-24-21(7-1)12-16-29-31(24)25-19-22(13-15-28(25)35(29)30-10-4-6-18-33-30)23-11-14-27(34-20-23)26-9-3-5-17-32-26/h1-20H. The van der Waals surface area contributed by atoms with Crippen molar-refractivity contribution in [1.82, 2.24) is 19.5 Å². The van der Waals surface area contributed by atoms with Gasteiger partial charge in [0, 0.05) is 34.9 Å². The fraction of sp³-hybridized carbons (Fsp3) is 0. The summed E-state index contributed by atoms with van der Waals surface area (Å²) < 4.78 is 2.25. The van der Waals surface area contributed by atoms with Crippen molar-refractivity contribution in [3.63, 3.8) is 0 Å². The summed E-state index contributed by atoms with van der Waals surface area (Å²) in [6.07, 6.45) is 5.57. The molecule has 4 heterocycles. The fourth-order valence-corrected chi connectivity index (χ4v) is 4.93. The first-order valence-corrected chi connectivity index (χ1v) is 11.6. The Morgan fingerprint density at radius 3 is 2.09 bits per heavy atom. The number of pyridine rings is 3. The molecule has 0 saturated carbocycles. The van der Waals surface area contributed by atoms with Crippen molar-refractivity contribution in [2.24, 2.45) is 0 Å². The number of nitrogens with zero attached hydrogens (tertiary/aromatic N) is 4. The molecule has 0 radical (unpaired) electrons. The number of aromatic nitrogens is 4. The Balaban J connectivity index is 1.47. The van der Waals surface area contributed by atoms with Crippen LogP contribution in [0.3, 0.4) is 0 Å². The highest BCUT2D eigenvalue weighted by Gasteiger charge is 2.16. The van der Waals surface area contributed by atoms with Crippen molar-refractivity contribution in [2.45, 2.75) is 0 Å². The molecule has 0 aliphatic heterocycles. The molecule has 7 aromatic rings. The molecule has 164 valence electrons. The maximum atomic E-state index is 4.69. The Bertz CT molecular complexity index is 1820. The van der Waals surface area contributed by atoms with Crippen molar-refractivity contribution in [2.75, 3.05) is 0 Å². The zero-order chi connectivity index (χ0) is 23.2. The van der Waals surface area contributed by atoms with Crippen molar-refractivity contribution < 1.29 is 0 Å². The van der Waals surface area contributed by atoms with Gasteiger partial charge in [-0.2, -0.15) is 0 Å². The van der Waals surface area contributed by atoms with Gasteiger partial charge in [-0.05, 0) is 64.9 Å². The van der Waals surface area contributed by atoms with Crippen LogP contribution in [0.4, 0.5) is 0 Å². The zero-order valence-corrected chi connectivity index (χ0v) is 18.8. The van der Waals surface area contributed by atoms with Gasteiger partial charge < -0.3 is 0 Å². The van der Waals surface area contributed by atoms with Gasteiger partial charge >= 0.3 is 0 Å². The van der Waals surface area contributed by atoms with E-state index in [0.29, 0.717) is 0 Å². The largest absolute Gasteiger partial charge is 0.294 e. The lowest BCUT2D eigenvalue weighted by molar-refractivity contribution is 1.08. The molecule has 0 unspecified atom stereocenters. The van der Waals surface area contributed by atoms with E-state index in [1.54, 1.807) is 6.20 Å². The minimum absolute atomic E-state index is 0.869. The van der Waals surface area contributed by atoms with Crippen LogP contribution in [0.2, 0.25) is 0 Å². The van der Waals surface area contributed by atoms with Gasteiger partial charge in [0.1, 0.15) is 5.82 Å². The number of hydrogen-bond acceptors (Lipinski definition) is 3. The van der Waals surface area contributed by atoms with Gasteiger partial charge in [-0.15, -0.1) is 0 Å². The smallest absolute Gasteiger partial charge is 0.137 e. The topological polar surface area (TPSA) is 43.6 Å². The Morgan fingerprint density at radius 2 is 1.29 bits per heavy atom. The summed E-state index contributed by atoms with van der Waals surface area (Å²) in [6.45, 7) is 0. The molecule has 4 nitrogen and oxygen atoms in total. The van der Waals surface area contributed by atoms with Gasteiger partial charge in [-0.25, -0.2) is 4.98 Å². The SMILES string of the molecule is c1ccc(-c2ccc(-c3ccc4c(c3)c3c5ccccc5ccc3n4-c3ccccn3)cn2)nc1. The first kappa shape index (κ1) is 19.6. The van der Waals surface area contributed by atoms with E-state index in [0.717, 1.165) is 39.4 Å². The van der Waals surface area contributed by atoms with Crippen LogP contribution < -0.4 is 0 Å². The van der Waals surface area contributed by atoms with Crippen LogP contribution in [0.5, 0.6) is 0 Å². The maximum absolute atomic E-state index is 4.69. The Hall–Kier alpha value is -4.83. The Kier molecular flexibility index (Phi) is 4.42. The summed E-state index contributed by atoms with van der Waals surface area (Å²) in [7, 11) is 0. The molecule has 4 aromatic heterocycles. The number of fused-ring (bicyclic) bond motifs is 5. The molecule has 0 fully saturated rings. The van der Waals surface area contributed by atoms with E-state index in [-0.39, 0.29) is 0 Å². The van der Waals surface area contributed by atoms with E-state index < -0.39 is 0 Å². The first-order chi connectivity index (χ1) is 17.4. The second kappa shape index (κ2) is 7.89.